The number of carbonyl (C=O) groups excluding carboxylic acids is 2. The van der Waals surface area contributed by atoms with Crippen molar-refractivity contribution in [1.29, 1.82) is 0 Å². The van der Waals surface area contributed by atoms with Crippen LogP contribution in [0.1, 0.15) is 27.6 Å². The number of benzene rings is 2. The number of nitrogens with zero attached hydrogens (tertiary/aromatic N) is 1. The third-order valence-electron chi connectivity index (χ3n) is 3.46. The Kier molecular flexibility index (Phi) is 7.07. The molecule has 0 fully saturated rings. The Balaban J connectivity index is 0.000000223. The van der Waals surface area contributed by atoms with Crippen LogP contribution in [0.3, 0.4) is 0 Å². The number of nitrogens with one attached hydrogen (secondary N) is 1. The zero-order valence-corrected chi connectivity index (χ0v) is 15.0. The molecule has 0 aliphatic rings. The van der Waals surface area contributed by atoms with Gasteiger partial charge in [0.1, 0.15) is 17.2 Å². The first-order valence-corrected chi connectivity index (χ1v) is 8.19. The molecule has 3 rings (SSSR count). The van der Waals surface area contributed by atoms with Gasteiger partial charge in [-0.3, -0.25) is 14.6 Å². The number of hydrogen-bond donors (Lipinski definition) is 2. The van der Waals surface area contributed by atoms with Crippen LogP contribution in [0.15, 0.2) is 73.1 Å². The summed E-state index contributed by atoms with van der Waals surface area (Å²) in [5.74, 6) is 1.28. The highest BCUT2D eigenvalue weighted by Gasteiger charge is 2.04. The van der Waals surface area contributed by atoms with E-state index in [0.29, 0.717) is 22.6 Å². The van der Waals surface area contributed by atoms with Crippen molar-refractivity contribution in [3.63, 3.8) is 0 Å². The number of pyridine rings is 1. The quantitative estimate of drug-likeness (QED) is 0.687. The smallest absolute Gasteiger partial charge is 0.251 e. The number of ether oxygens (including phenoxy) is 1. The summed E-state index contributed by atoms with van der Waals surface area (Å²) in [7, 11) is 1.60. The van der Waals surface area contributed by atoms with E-state index in [4.69, 9.17) is 9.84 Å². The van der Waals surface area contributed by atoms with Crippen molar-refractivity contribution in [3.05, 3.63) is 84.2 Å². The van der Waals surface area contributed by atoms with Gasteiger partial charge in [0, 0.05) is 30.6 Å². The molecule has 1 amide bonds. The Labute approximate surface area is 157 Å². The van der Waals surface area contributed by atoms with Crippen LogP contribution >= 0.6 is 0 Å². The van der Waals surface area contributed by atoms with Crippen LogP contribution in [-0.4, -0.2) is 28.8 Å². The second kappa shape index (κ2) is 9.72. The summed E-state index contributed by atoms with van der Waals surface area (Å²) in [6.07, 6.45) is 3.30. The molecule has 2 aromatic carbocycles. The lowest BCUT2D eigenvalue weighted by molar-refractivity contribution is 0.0961. The largest absolute Gasteiger partial charge is 0.508 e. The van der Waals surface area contributed by atoms with E-state index in [0.717, 1.165) is 0 Å². The molecule has 0 radical (unpaired) electrons. The second-order valence-electron chi connectivity index (χ2n) is 5.50. The van der Waals surface area contributed by atoms with Gasteiger partial charge in [-0.1, -0.05) is 18.2 Å². The van der Waals surface area contributed by atoms with Crippen molar-refractivity contribution >= 4 is 11.7 Å². The number of Topliss-reactive ketones (excluding diaryl/α,β-unsaturated/α-hetero) is 1. The molecule has 0 unspecified atom stereocenters. The fourth-order valence-electron chi connectivity index (χ4n) is 2.11. The van der Waals surface area contributed by atoms with E-state index in [1.165, 1.54) is 19.1 Å². The standard InChI is InChI=1S/C13H12N2O2.C8H8O2/c1-14-13(16)10-3-2-4-12(9-10)17-11-5-7-15-8-6-11;1-6(9)7-3-2-4-8(10)5-7/h2-9H,1H3,(H,14,16);2-5,10H,1H3. The molecule has 27 heavy (non-hydrogen) atoms. The minimum atomic E-state index is -0.134. The summed E-state index contributed by atoms with van der Waals surface area (Å²) in [5.41, 5.74) is 1.11. The number of hydrogen-bond acceptors (Lipinski definition) is 5. The fourth-order valence-corrected chi connectivity index (χ4v) is 2.11. The number of ketones is 1. The van der Waals surface area contributed by atoms with Gasteiger partial charge in [-0.25, -0.2) is 0 Å². The third-order valence-corrected chi connectivity index (χ3v) is 3.46. The van der Waals surface area contributed by atoms with E-state index in [2.05, 4.69) is 10.3 Å². The average Bonchev–Trinajstić information content (AvgIpc) is 2.69. The highest BCUT2D eigenvalue weighted by atomic mass is 16.5. The molecule has 0 saturated carbocycles. The summed E-state index contributed by atoms with van der Waals surface area (Å²) >= 11 is 0. The first-order valence-electron chi connectivity index (χ1n) is 8.19. The molecular formula is C21H20N2O4. The second-order valence-corrected chi connectivity index (χ2v) is 5.50. The molecule has 0 saturated heterocycles. The van der Waals surface area contributed by atoms with Gasteiger partial charge in [-0.15, -0.1) is 0 Å². The topological polar surface area (TPSA) is 88.5 Å². The van der Waals surface area contributed by atoms with Gasteiger partial charge in [0.25, 0.3) is 5.91 Å². The Hall–Kier alpha value is -3.67. The molecule has 1 aromatic heterocycles. The van der Waals surface area contributed by atoms with Crippen molar-refractivity contribution in [2.75, 3.05) is 7.05 Å². The fraction of sp³-hybridized carbons (Fsp3) is 0.0952. The molecule has 3 aromatic rings. The number of phenolic OH excluding ortho intramolecular Hbond substituents is 1. The van der Waals surface area contributed by atoms with Gasteiger partial charge in [0.15, 0.2) is 5.78 Å². The SMILES string of the molecule is CC(=O)c1cccc(O)c1.CNC(=O)c1cccc(Oc2ccncc2)c1. The van der Waals surface area contributed by atoms with E-state index < -0.39 is 0 Å². The van der Waals surface area contributed by atoms with Gasteiger partial charge in [-0.2, -0.15) is 0 Å². The van der Waals surface area contributed by atoms with Gasteiger partial charge in [0.2, 0.25) is 0 Å². The number of rotatable bonds is 4. The zero-order valence-electron chi connectivity index (χ0n) is 15.0. The molecule has 0 bridgehead atoms. The molecule has 2 N–H and O–H groups in total. The Morgan fingerprint density at radius 3 is 2.19 bits per heavy atom. The number of carbonyl (C=O) groups is 2. The summed E-state index contributed by atoms with van der Waals surface area (Å²) in [6, 6.07) is 16.8. The van der Waals surface area contributed by atoms with Gasteiger partial charge in [0.05, 0.1) is 0 Å². The molecule has 0 aliphatic heterocycles. The summed E-state index contributed by atoms with van der Waals surface area (Å²) in [4.78, 5) is 26.0. The highest BCUT2D eigenvalue weighted by Crippen LogP contribution is 2.21. The number of aromatic nitrogens is 1. The number of amides is 1. The van der Waals surface area contributed by atoms with Crippen LogP contribution in [0.4, 0.5) is 0 Å². The summed E-state index contributed by atoms with van der Waals surface area (Å²) in [6.45, 7) is 1.47. The lowest BCUT2D eigenvalue weighted by atomic mass is 10.1. The zero-order chi connectivity index (χ0) is 19.6. The van der Waals surface area contributed by atoms with Crippen LogP contribution in [-0.2, 0) is 0 Å². The first kappa shape index (κ1) is 19.7. The Morgan fingerprint density at radius 1 is 0.926 bits per heavy atom. The molecule has 0 spiro atoms. The third kappa shape index (κ3) is 6.28. The molecule has 6 heteroatoms. The van der Waals surface area contributed by atoms with Crippen LogP contribution in [0.2, 0.25) is 0 Å². The van der Waals surface area contributed by atoms with Crippen LogP contribution < -0.4 is 10.1 Å². The van der Waals surface area contributed by atoms with Crippen molar-refractivity contribution in [2.24, 2.45) is 0 Å². The lowest BCUT2D eigenvalue weighted by Crippen LogP contribution is -2.17. The maximum Gasteiger partial charge on any atom is 0.251 e. The molecule has 138 valence electrons. The van der Waals surface area contributed by atoms with E-state index in [1.807, 2.05) is 0 Å². The van der Waals surface area contributed by atoms with Crippen molar-refractivity contribution in [1.82, 2.24) is 10.3 Å². The van der Waals surface area contributed by atoms with Gasteiger partial charge >= 0.3 is 0 Å². The average molecular weight is 364 g/mol. The predicted molar refractivity (Wildman–Crippen MR) is 102 cm³/mol. The Bertz CT molecular complexity index is 911. The molecule has 0 atom stereocenters. The molecule has 6 nitrogen and oxygen atoms in total. The van der Waals surface area contributed by atoms with Crippen LogP contribution in [0, 0.1) is 0 Å². The van der Waals surface area contributed by atoms with E-state index >= 15 is 0 Å². The lowest BCUT2D eigenvalue weighted by Gasteiger charge is -2.06. The van der Waals surface area contributed by atoms with Crippen LogP contribution in [0.5, 0.6) is 17.2 Å². The van der Waals surface area contributed by atoms with E-state index in [1.54, 1.807) is 68.0 Å². The highest BCUT2D eigenvalue weighted by molar-refractivity contribution is 5.94. The molecule has 0 aliphatic carbocycles. The minimum Gasteiger partial charge on any atom is -0.508 e. The maximum atomic E-state index is 11.4. The Morgan fingerprint density at radius 2 is 1.59 bits per heavy atom. The van der Waals surface area contributed by atoms with Crippen molar-refractivity contribution in [3.8, 4) is 17.2 Å². The van der Waals surface area contributed by atoms with Crippen LogP contribution in [0.25, 0.3) is 0 Å². The first-order chi connectivity index (χ1) is 13.0. The maximum absolute atomic E-state index is 11.4. The summed E-state index contributed by atoms with van der Waals surface area (Å²) < 4.78 is 5.59. The molecular weight excluding hydrogens is 344 g/mol. The molecule has 1 heterocycles. The van der Waals surface area contributed by atoms with E-state index in [-0.39, 0.29) is 17.4 Å². The van der Waals surface area contributed by atoms with Gasteiger partial charge < -0.3 is 15.2 Å². The van der Waals surface area contributed by atoms with Gasteiger partial charge in [-0.05, 0) is 49.4 Å². The van der Waals surface area contributed by atoms with Crippen molar-refractivity contribution < 1.29 is 19.4 Å². The normalized spacial score (nSPS) is 9.56. The van der Waals surface area contributed by atoms with Crippen molar-refractivity contribution in [2.45, 2.75) is 6.92 Å². The van der Waals surface area contributed by atoms with E-state index in [9.17, 15) is 9.59 Å². The number of phenols is 1. The minimum absolute atomic E-state index is 0.0316. The predicted octanol–water partition coefficient (Wildman–Crippen LogP) is 3.83. The summed E-state index contributed by atoms with van der Waals surface area (Å²) in [5, 5.41) is 11.5. The monoisotopic (exact) mass is 364 g/mol. The number of aromatic hydroxyl groups is 1.